The van der Waals surface area contributed by atoms with Gasteiger partial charge in [-0.25, -0.2) is 4.57 Å². The fraction of sp³-hybridized carbons (Fsp3) is 0.472. The molecule has 0 amide bonds. The average molecular weight is 506 g/mol. The van der Waals surface area contributed by atoms with Crippen molar-refractivity contribution in [2.75, 3.05) is 0 Å². The summed E-state index contributed by atoms with van der Waals surface area (Å²) in [7, 11) is 0. The molecule has 0 saturated carbocycles. The van der Waals surface area contributed by atoms with Crippen molar-refractivity contribution in [2.24, 2.45) is 17.3 Å². The summed E-state index contributed by atoms with van der Waals surface area (Å²) < 4.78 is 5.35. The number of rotatable bonds is 4. The molecule has 38 heavy (non-hydrogen) atoms. The van der Waals surface area contributed by atoms with Crippen LogP contribution in [0.25, 0.3) is 16.8 Å². The first-order valence-corrected chi connectivity index (χ1v) is 15.0. The second-order valence-corrected chi connectivity index (χ2v) is 12.9. The van der Waals surface area contributed by atoms with Gasteiger partial charge in [-0.3, -0.25) is 0 Å². The highest BCUT2D eigenvalue weighted by Gasteiger charge is 2.62. The zero-order valence-electron chi connectivity index (χ0n) is 24.4. The molecule has 3 aliphatic rings. The summed E-state index contributed by atoms with van der Waals surface area (Å²) in [5, 5.41) is 0. The summed E-state index contributed by atoms with van der Waals surface area (Å²) >= 11 is 0. The summed E-state index contributed by atoms with van der Waals surface area (Å²) in [5.74, 6) is 3.89. The van der Waals surface area contributed by atoms with E-state index >= 15 is 0 Å². The number of fused-ring (bicyclic) bond motifs is 2. The molecule has 1 aromatic heterocycles. The minimum absolute atomic E-state index is 0.0513. The molecule has 0 spiro atoms. The van der Waals surface area contributed by atoms with Gasteiger partial charge in [0.2, 0.25) is 0 Å². The topological polar surface area (TPSA) is 8.81 Å². The van der Waals surface area contributed by atoms with Crippen LogP contribution in [0.1, 0.15) is 102 Å². The minimum atomic E-state index is 0.0513. The molecule has 198 valence electrons. The van der Waals surface area contributed by atoms with Crippen LogP contribution in [-0.2, 0) is 5.54 Å². The lowest BCUT2D eigenvalue weighted by atomic mass is 9.53. The average Bonchev–Trinajstić information content (AvgIpc) is 3.26. The fourth-order valence-electron chi connectivity index (χ4n) is 8.34. The molecule has 0 N–H and O–H groups in total. The molecule has 2 nitrogen and oxygen atoms in total. The van der Waals surface area contributed by atoms with Crippen molar-refractivity contribution < 1.29 is 4.57 Å². The van der Waals surface area contributed by atoms with Crippen molar-refractivity contribution in [2.45, 2.75) is 91.0 Å². The van der Waals surface area contributed by atoms with E-state index in [-0.39, 0.29) is 11.0 Å². The molecule has 1 aliphatic carbocycles. The van der Waals surface area contributed by atoms with Gasteiger partial charge in [-0.05, 0) is 67.2 Å². The Morgan fingerprint density at radius 1 is 0.974 bits per heavy atom. The lowest BCUT2D eigenvalue weighted by molar-refractivity contribution is -0.794. The van der Waals surface area contributed by atoms with Gasteiger partial charge in [0.1, 0.15) is 23.6 Å². The first kappa shape index (κ1) is 25.4. The third-order valence-corrected chi connectivity index (χ3v) is 11.0. The van der Waals surface area contributed by atoms with Gasteiger partial charge in [0.25, 0.3) is 5.82 Å². The van der Waals surface area contributed by atoms with E-state index in [1.807, 2.05) is 0 Å². The van der Waals surface area contributed by atoms with E-state index < -0.39 is 0 Å². The predicted molar refractivity (Wildman–Crippen MR) is 159 cm³/mol. The van der Waals surface area contributed by atoms with Gasteiger partial charge in [0.15, 0.2) is 0 Å². The first-order valence-electron chi connectivity index (χ1n) is 15.0. The normalized spacial score (nSPS) is 31.4. The Labute approximate surface area is 230 Å². The van der Waals surface area contributed by atoms with Crippen LogP contribution in [0, 0.1) is 17.3 Å². The number of benzene rings is 2. The van der Waals surface area contributed by atoms with Gasteiger partial charge < -0.3 is 0 Å². The molecular formula is C36H45N2+. The maximum atomic E-state index is 2.71. The van der Waals surface area contributed by atoms with Crippen LogP contribution in [-0.4, -0.2) is 4.57 Å². The predicted octanol–water partition coefficient (Wildman–Crippen LogP) is 9.06. The molecule has 0 fully saturated rings. The highest BCUT2D eigenvalue weighted by molar-refractivity contribution is 5.70. The van der Waals surface area contributed by atoms with Gasteiger partial charge in [-0.2, -0.15) is 4.57 Å². The number of aromatic nitrogens is 2. The van der Waals surface area contributed by atoms with Crippen LogP contribution in [0.3, 0.4) is 0 Å². The Morgan fingerprint density at radius 2 is 1.71 bits per heavy atom. The zero-order chi connectivity index (χ0) is 26.8. The molecule has 6 rings (SSSR count). The molecule has 3 heterocycles. The van der Waals surface area contributed by atoms with E-state index in [0.717, 1.165) is 6.42 Å². The summed E-state index contributed by atoms with van der Waals surface area (Å²) in [6.45, 7) is 17.1. The van der Waals surface area contributed by atoms with Gasteiger partial charge in [0, 0.05) is 22.5 Å². The van der Waals surface area contributed by atoms with E-state index in [1.54, 1.807) is 0 Å². The van der Waals surface area contributed by atoms with Crippen molar-refractivity contribution in [3.63, 3.8) is 0 Å². The molecule has 0 radical (unpaired) electrons. The second kappa shape index (κ2) is 9.11. The highest BCUT2D eigenvalue weighted by Crippen LogP contribution is 2.59. The van der Waals surface area contributed by atoms with Crippen molar-refractivity contribution >= 4 is 0 Å². The molecule has 6 unspecified atom stereocenters. The fourth-order valence-corrected chi connectivity index (χ4v) is 8.34. The van der Waals surface area contributed by atoms with Crippen molar-refractivity contribution in [1.82, 2.24) is 4.57 Å². The Hall–Kier alpha value is -2.87. The third-order valence-electron chi connectivity index (χ3n) is 11.0. The van der Waals surface area contributed by atoms with Crippen LogP contribution in [0.5, 0.6) is 0 Å². The van der Waals surface area contributed by atoms with E-state index in [2.05, 4.69) is 137 Å². The SMILES string of the molecule is CCC1(C)C2C=CC=CC3CC(C)c4cc(-c5ccccc5)cc(C(C)C)c4-n4cc[n+](c4C32)C1(C)CC. The number of imidazole rings is 1. The number of allylic oxidation sites excluding steroid dienone is 4. The number of hydrogen-bond donors (Lipinski definition) is 0. The van der Waals surface area contributed by atoms with E-state index in [9.17, 15) is 0 Å². The minimum Gasteiger partial charge on any atom is -0.228 e. The first-order chi connectivity index (χ1) is 18.2. The van der Waals surface area contributed by atoms with Gasteiger partial charge >= 0.3 is 0 Å². The molecule has 3 aromatic rings. The Morgan fingerprint density at radius 3 is 2.39 bits per heavy atom. The summed E-state index contributed by atoms with van der Waals surface area (Å²) in [6.07, 6.45) is 18.1. The molecule has 0 saturated heterocycles. The monoisotopic (exact) mass is 505 g/mol. The lowest BCUT2D eigenvalue weighted by Crippen LogP contribution is -2.70. The van der Waals surface area contributed by atoms with E-state index in [1.165, 1.54) is 46.6 Å². The largest absolute Gasteiger partial charge is 0.266 e. The second-order valence-electron chi connectivity index (χ2n) is 12.9. The van der Waals surface area contributed by atoms with Crippen molar-refractivity contribution in [3.05, 3.63) is 96.1 Å². The van der Waals surface area contributed by atoms with Gasteiger partial charge in [-0.15, -0.1) is 0 Å². The lowest BCUT2D eigenvalue weighted by Gasteiger charge is -2.54. The van der Waals surface area contributed by atoms with E-state index in [0.29, 0.717) is 29.6 Å². The Balaban J connectivity index is 1.70. The summed E-state index contributed by atoms with van der Waals surface area (Å²) in [4.78, 5) is 0. The molecule has 2 aliphatic heterocycles. The summed E-state index contributed by atoms with van der Waals surface area (Å²) in [6, 6.07) is 15.9. The van der Waals surface area contributed by atoms with Gasteiger partial charge in [0.05, 0.1) is 5.92 Å². The van der Waals surface area contributed by atoms with Crippen LogP contribution < -0.4 is 4.57 Å². The van der Waals surface area contributed by atoms with Gasteiger partial charge in [-0.1, -0.05) is 96.2 Å². The van der Waals surface area contributed by atoms with Crippen molar-refractivity contribution in [1.29, 1.82) is 0 Å². The Kier molecular flexibility index (Phi) is 6.09. The third kappa shape index (κ3) is 3.41. The number of nitrogens with zero attached hydrogens (tertiary/aromatic N) is 2. The number of hydrogen-bond acceptors (Lipinski definition) is 0. The van der Waals surface area contributed by atoms with Crippen LogP contribution >= 0.6 is 0 Å². The zero-order valence-corrected chi connectivity index (χ0v) is 24.4. The molecule has 0 bridgehead atoms. The van der Waals surface area contributed by atoms with E-state index in [4.69, 9.17) is 0 Å². The highest BCUT2D eigenvalue weighted by atomic mass is 15.2. The molecule has 2 aromatic carbocycles. The maximum absolute atomic E-state index is 2.71. The maximum Gasteiger partial charge on any atom is 0.266 e. The van der Waals surface area contributed by atoms with Crippen LogP contribution in [0.15, 0.2) is 79.2 Å². The Bertz CT molecular complexity index is 1410. The molecule has 2 heteroatoms. The quantitative estimate of drug-likeness (QED) is 0.313. The van der Waals surface area contributed by atoms with Crippen LogP contribution in [0.4, 0.5) is 0 Å². The van der Waals surface area contributed by atoms with Crippen molar-refractivity contribution in [3.8, 4) is 16.8 Å². The standard InChI is InChI=1S/C36H45N2/c1-8-35(6)31-18-14-13-17-27-21-25(5)30-23-28(26-15-11-10-12-16-26)22-29(24(3)4)33(30)37-19-20-38(34(37)32(27)31)36(35,7)9-2/h10-20,22-25,27,31-32H,8-9,21H2,1-7H3/q+1. The molecule has 6 atom stereocenters. The molecular weight excluding hydrogens is 460 g/mol. The van der Waals surface area contributed by atoms with Crippen LogP contribution in [0.2, 0.25) is 0 Å². The summed E-state index contributed by atoms with van der Waals surface area (Å²) in [5.41, 5.74) is 7.29. The smallest absolute Gasteiger partial charge is 0.228 e.